The lowest BCUT2D eigenvalue weighted by molar-refractivity contribution is 0.114. The van der Waals surface area contributed by atoms with E-state index in [2.05, 4.69) is 52.3 Å². The molecule has 0 radical (unpaired) electrons. The molecule has 0 N–H and O–H groups in total. The molecule has 4 rings (SSSR count). The monoisotopic (exact) mass is 324 g/mol. The van der Waals surface area contributed by atoms with Crippen molar-refractivity contribution in [1.29, 1.82) is 0 Å². The van der Waals surface area contributed by atoms with E-state index in [1.54, 1.807) is 0 Å². The van der Waals surface area contributed by atoms with E-state index in [0.29, 0.717) is 0 Å². The maximum atomic E-state index is 6.10. The van der Waals surface area contributed by atoms with Crippen LogP contribution in [0.4, 0.5) is 0 Å². The topological polar surface area (TPSA) is 15.7 Å². The van der Waals surface area contributed by atoms with Crippen molar-refractivity contribution in [2.75, 3.05) is 39.3 Å². The van der Waals surface area contributed by atoms with Gasteiger partial charge in [0.2, 0.25) is 0 Å². The fraction of sp³-hybridized carbons (Fsp3) is 0.524. The molecule has 24 heavy (non-hydrogen) atoms. The van der Waals surface area contributed by atoms with Crippen molar-refractivity contribution in [3.63, 3.8) is 0 Å². The Morgan fingerprint density at radius 2 is 1.62 bits per heavy atom. The highest BCUT2D eigenvalue weighted by molar-refractivity contribution is 5.88. The third-order valence-electron chi connectivity index (χ3n) is 5.63. The molecule has 3 nitrogen and oxygen atoms in total. The van der Waals surface area contributed by atoms with Crippen LogP contribution in [0.2, 0.25) is 0 Å². The molecule has 2 aliphatic rings. The predicted octanol–water partition coefficient (Wildman–Crippen LogP) is 3.78. The van der Waals surface area contributed by atoms with E-state index in [4.69, 9.17) is 4.74 Å². The van der Waals surface area contributed by atoms with Gasteiger partial charge in [-0.3, -0.25) is 4.90 Å². The summed E-state index contributed by atoms with van der Waals surface area (Å²) in [5.41, 5.74) is 0. The standard InChI is InChI=1S/C21H28N2O/c1-2-8-20-18(6-1)7-5-9-21(20)24-17-16-22-14-10-19(11-15-22)23-12-3-4-13-23/h1-2,5-9,19H,3-4,10-17H2. The molecule has 0 atom stereocenters. The van der Waals surface area contributed by atoms with Gasteiger partial charge in [-0.2, -0.15) is 0 Å². The Bertz CT molecular complexity index is 652. The van der Waals surface area contributed by atoms with Gasteiger partial charge >= 0.3 is 0 Å². The Hall–Kier alpha value is -1.58. The van der Waals surface area contributed by atoms with Gasteiger partial charge in [0.15, 0.2) is 0 Å². The molecule has 0 bridgehead atoms. The summed E-state index contributed by atoms with van der Waals surface area (Å²) in [7, 11) is 0. The van der Waals surface area contributed by atoms with Crippen LogP contribution >= 0.6 is 0 Å². The Kier molecular flexibility index (Phi) is 5.00. The van der Waals surface area contributed by atoms with E-state index < -0.39 is 0 Å². The molecule has 0 amide bonds. The first-order valence-corrected chi connectivity index (χ1v) is 9.47. The number of piperidine rings is 1. The molecular formula is C21H28N2O. The van der Waals surface area contributed by atoms with Crippen LogP contribution in [0.5, 0.6) is 5.75 Å². The molecule has 2 fully saturated rings. The molecule has 2 heterocycles. The number of rotatable bonds is 5. The van der Waals surface area contributed by atoms with Crippen LogP contribution in [0.1, 0.15) is 25.7 Å². The molecule has 0 aromatic heterocycles. The zero-order valence-electron chi connectivity index (χ0n) is 14.5. The van der Waals surface area contributed by atoms with Gasteiger partial charge in [-0.05, 0) is 63.3 Å². The molecule has 0 unspecified atom stereocenters. The first-order chi connectivity index (χ1) is 11.9. The smallest absolute Gasteiger partial charge is 0.127 e. The second-order valence-electron chi connectivity index (χ2n) is 7.14. The highest BCUT2D eigenvalue weighted by Gasteiger charge is 2.26. The first-order valence-electron chi connectivity index (χ1n) is 9.47. The highest BCUT2D eigenvalue weighted by atomic mass is 16.5. The van der Waals surface area contributed by atoms with E-state index in [1.807, 2.05) is 0 Å². The van der Waals surface area contributed by atoms with Crippen molar-refractivity contribution in [1.82, 2.24) is 9.80 Å². The molecule has 2 saturated heterocycles. The number of ether oxygens (including phenoxy) is 1. The van der Waals surface area contributed by atoms with Crippen LogP contribution < -0.4 is 4.74 Å². The summed E-state index contributed by atoms with van der Waals surface area (Å²) in [6.45, 7) is 6.92. The number of nitrogens with zero attached hydrogens (tertiary/aromatic N) is 2. The average molecular weight is 324 g/mol. The van der Waals surface area contributed by atoms with Crippen molar-refractivity contribution < 1.29 is 4.74 Å². The summed E-state index contributed by atoms with van der Waals surface area (Å²) in [6, 6.07) is 15.6. The minimum atomic E-state index is 0.780. The van der Waals surface area contributed by atoms with E-state index in [1.165, 1.54) is 62.6 Å². The molecule has 3 heteroatoms. The normalized spacial score (nSPS) is 20.7. The summed E-state index contributed by atoms with van der Waals surface area (Å²) in [4.78, 5) is 5.28. The summed E-state index contributed by atoms with van der Waals surface area (Å²) < 4.78 is 6.10. The van der Waals surface area contributed by atoms with Gasteiger partial charge in [0.1, 0.15) is 12.4 Å². The predicted molar refractivity (Wildman–Crippen MR) is 99.7 cm³/mol. The number of hydrogen-bond donors (Lipinski definition) is 0. The summed E-state index contributed by atoms with van der Waals surface area (Å²) in [5.74, 6) is 1.01. The Morgan fingerprint density at radius 1 is 0.875 bits per heavy atom. The van der Waals surface area contributed by atoms with Crippen LogP contribution in [-0.4, -0.2) is 55.2 Å². The van der Waals surface area contributed by atoms with Gasteiger partial charge in [-0.25, -0.2) is 0 Å². The van der Waals surface area contributed by atoms with E-state index in [0.717, 1.165) is 24.9 Å². The minimum absolute atomic E-state index is 0.780. The summed E-state index contributed by atoms with van der Waals surface area (Å²) in [5, 5.41) is 2.47. The van der Waals surface area contributed by atoms with Gasteiger partial charge in [0.05, 0.1) is 0 Å². The lowest BCUT2D eigenvalue weighted by atomic mass is 10.0. The quantitative estimate of drug-likeness (QED) is 0.832. The van der Waals surface area contributed by atoms with Gasteiger partial charge < -0.3 is 9.64 Å². The fourth-order valence-electron chi connectivity index (χ4n) is 4.22. The van der Waals surface area contributed by atoms with Crippen LogP contribution in [0, 0.1) is 0 Å². The Labute approximate surface area is 145 Å². The van der Waals surface area contributed by atoms with Crippen LogP contribution in [-0.2, 0) is 0 Å². The maximum Gasteiger partial charge on any atom is 0.127 e. The molecule has 2 aromatic carbocycles. The number of likely N-dealkylation sites (tertiary alicyclic amines) is 2. The third kappa shape index (κ3) is 3.57. The van der Waals surface area contributed by atoms with Gasteiger partial charge in [-0.15, -0.1) is 0 Å². The van der Waals surface area contributed by atoms with Crippen LogP contribution in [0.25, 0.3) is 10.8 Å². The fourth-order valence-corrected chi connectivity index (χ4v) is 4.22. The molecule has 128 valence electrons. The number of benzene rings is 2. The van der Waals surface area contributed by atoms with Gasteiger partial charge in [0.25, 0.3) is 0 Å². The molecule has 0 spiro atoms. The summed E-state index contributed by atoms with van der Waals surface area (Å²) >= 11 is 0. The maximum absolute atomic E-state index is 6.10. The molecular weight excluding hydrogens is 296 g/mol. The highest BCUT2D eigenvalue weighted by Crippen LogP contribution is 2.25. The number of hydrogen-bond acceptors (Lipinski definition) is 3. The van der Waals surface area contributed by atoms with Gasteiger partial charge in [-0.1, -0.05) is 36.4 Å². The third-order valence-corrected chi connectivity index (χ3v) is 5.63. The Balaban J connectivity index is 1.26. The summed E-state index contributed by atoms with van der Waals surface area (Å²) in [6.07, 6.45) is 5.46. The lowest BCUT2D eigenvalue weighted by Crippen LogP contribution is -2.44. The van der Waals surface area contributed by atoms with Crippen molar-refractivity contribution in [3.8, 4) is 5.75 Å². The Morgan fingerprint density at radius 3 is 2.46 bits per heavy atom. The minimum Gasteiger partial charge on any atom is -0.492 e. The van der Waals surface area contributed by atoms with Gasteiger partial charge in [0, 0.05) is 18.0 Å². The van der Waals surface area contributed by atoms with Crippen LogP contribution in [0.3, 0.4) is 0 Å². The second kappa shape index (κ2) is 7.54. The van der Waals surface area contributed by atoms with Crippen LogP contribution in [0.15, 0.2) is 42.5 Å². The van der Waals surface area contributed by atoms with Crippen molar-refractivity contribution in [3.05, 3.63) is 42.5 Å². The first kappa shape index (κ1) is 15.9. The molecule has 0 aliphatic carbocycles. The second-order valence-corrected chi connectivity index (χ2v) is 7.14. The van der Waals surface area contributed by atoms with E-state index >= 15 is 0 Å². The largest absolute Gasteiger partial charge is 0.492 e. The average Bonchev–Trinajstić information content (AvgIpc) is 3.17. The van der Waals surface area contributed by atoms with Crippen molar-refractivity contribution >= 4 is 10.8 Å². The van der Waals surface area contributed by atoms with E-state index in [9.17, 15) is 0 Å². The van der Waals surface area contributed by atoms with Crippen molar-refractivity contribution in [2.24, 2.45) is 0 Å². The number of fused-ring (bicyclic) bond motifs is 1. The zero-order chi connectivity index (χ0) is 16.2. The zero-order valence-corrected chi connectivity index (χ0v) is 14.5. The SMILES string of the molecule is c1ccc2c(OCCN3CCC(N4CCCC4)CC3)cccc2c1. The van der Waals surface area contributed by atoms with Crippen molar-refractivity contribution in [2.45, 2.75) is 31.7 Å². The molecule has 0 saturated carbocycles. The lowest BCUT2D eigenvalue weighted by Gasteiger charge is -2.36. The molecule has 2 aliphatic heterocycles. The molecule has 2 aromatic rings. The van der Waals surface area contributed by atoms with E-state index in [-0.39, 0.29) is 0 Å².